The molecule has 4 aromatic rings. The summed E-state index contributed by atoms with van der Waals surface area (Å²) in [6, 6.07) is 22.9. The zero-order chi connectivity index (χ0) is 14.1. The number of nitrogens with zero attached hydrogens (tertiary/aromatic N) is 2. The summed E-state index contributed by atoms with van der Waals surface area (Å²) in [5, 5.41) is 2.27. The average Bonchev–Trinajstić information content (AvgIpc) is 2.56. The molecule has 2 heteroatoms. The van der Waals surface area contributed by atoms with Crippen LogP contribution in [0.2, 0.25) is 0 Å². The number of fused-ring (bicyclic) bond motifs is 3. The van der Waals surface area contributed by atoms with Gasteiger partial charge in [-0.1, -0.05) is 54.6 Å². The molecule has 4 rings (SSSR count). The molecule has 0 radical (unpaired) electrons. The van der Waals surface area contributed by atoms with Gasteiger partial charge in [0.15, 0.2) is 0 Å². The second-order valence-electron chi connectivity index (χ2n) is 5.18. The van der Waals surface area contributed by atoms with E-state index in [1.807, 2.05) is 18.3 Å². The van der Waals surface area contributed by atoms with Gasteiger partial charge in [0.2, 0.25) is 0 Å². The topological polar surface area (TPSA) is 25.8 Å². The van der Waals surface area contributed by atoms with Gasteiger partial charge in [0.1, 0.15) is 0 Å². The zero-order valence-electron chi connectivity index (χ0n) is 11.5. The van der Waals surface area contributed by atoms with Crippen molar-refractivity contribution in [2.75, 3.05) is 0 Å². The highest BCUT2D eigenvalue weighted by Gasteiger charge is 2.05. The van der Waals surface area contributed by atoms with Crippen molar-refractivity contribution >= 4 is 21.8 Å². The minimum Gasteiger partial charge on any atom is -0.254 e. The first-order valence-corrected chi connectivity index (χ1v) is 7.07. The highest BCUT2D eigenvalue weighted by atomic mass is 14.7. The summed E-state index contributed by atoms with van der Waals surface area (Å²) >= 11 is 0. The predicted octanol–water partition coefficient (Wildman–Crippen LogP) is 4.37. The summed E-state index contributed by atoms with van der Waals surface area (Å²) in [4.78, 5) is 9.33. The molecule has 2 aromatic heterocycles. The lowest BCUT2D eigenvalue weighted by molar-refractivity contribution is 1.10. The predicted molar refractivity (Wildman–Crippen MR) is 86.3 cm³/mol. The maximum Gasteiger partial charge on any atom is 0.0967 e. The number of benzene rings is 2. The van der Waals surface area contributed by atoms with Crippen molar-refractivity contribution in [3.63, 3.8) is 0 Å². The first-order chi connectivity index (χ1) is 10.4. The van der Waals surface area contributed by atoms with Crippen LogP contribution in [0.5, 0.6) is 0 Å². The normalized spacial score (nSPS) is 11.0. The van der Waals surface area contributed by atoms with Crippen molar-refractivity contribution in [3.8, 4) is 0 Å². The molecular weight excluding hydrogens is 256 g/mol. The monoisotopic (exact) mass is 270 g/mol. The average molecular weight is 270 g/mol. The van der Waals surface area contributed by atoms with Gasteiger partial charge in [-0.15, -0.1) is 0 Å². The van der Waals surface area contributed by atoms with E-state index in [9.17, 15) is 0 Å². The molecule has 0 aliphatic rings. The van der Waals surface area contributed by atoms with E-state index < -0.39 is 0 Å². The lowest BCUT2D eigenvalue weighted by atomic mass is 10.1. The van der Waals surface area contributed by atoms with E-state index in [4.69, 9.17) is 4.98 Å². The fourth-order valence-electron chi connectivity index (χ4n) is 2.67. The molecular formula is C19H14N2. The van der Waals surface area contributed by atoms with Gasteiger partial charge in [-0.25, -0.2) is 0 Å². The zero-order valence-corrected chi connectivity index (χ0v) is 11.5. The van der Waals surface area contributed by atoms with Gasteiger partial charge in [0.05, 0.1) is 11.0 Å². The summed E-state index contributed by atoms with van der Waals surface area (Å²) in [7, 11) is 0. The third kappa shape index (κ3) is 2.25. The highest BCUT2D eigenvalue weighted by Crippen LogP contribution is 2.22. The number of aromatic nitrogens is 2. The molecule has 0 unspecified atom stereocenters. The van der Waals surface area contributed by atoms with Crippen LogP contribution in [0.15, 0.2) is 72.9 Å². The molecule has 0 atom stereocenters. The molecule has 0 aliphatic carbocycles. The van der Waals surface area contributed by atoms with Gasteiger partial charge in [-0.05, 0) is 17.7 Å². The van der Waals surface area contributed by atoms with E-state index in [0.717, 1.165) is 33.9 Å². The van der Waals surface area contributed by atoms with Crippen LogP contribution >= 0.6 is 0 Å². The van der Waals surface area contributed by atoms with Crippen molar-refractivity contribution in [1.29, 1.82) is 0 Å². The van der Waals surface area contributed by atoms with Gasteiger partial charge >= 0.3 is 0 Å². The maximum atomic E-state index is 4.84. The number of hydrogen-bond acceptors (Lipinski definition) is 2. The van der Waals surface area contributed by atoms with Gasteiger partial charge in [-0.3, -0.25) is 9.97 Å². The molecule has 21 heavy (non-hydrogen) atoms. The number of pyridine rings is 2. The summed E-state index contributed by atoms with van der Waals surface area (Å²) in [5.41, 5.74) is 4.32. The van der Waals surface area contributed by atoms with Crippen LogP contribution in [-0.2, 0) is 6.42 Å². The van der Waals surface area contributed by atoms with Crippen molar-refractivity contribution in [2.24, 2.45) is 0 Å². The van der Waals surface area contributed by atoms with E-state index in [2.05, 4.69) is 59.6 Å². The van der Waals surface area contributed by atoms with Crippen LogP contribution < -0.4 is 0 Å². The van der Waals surface area contributed by atoms with E-state index in [-0.39, 0.29) is 0 Å². The Kier molecular flexibility index (Phi) is 2.86. The van der Waals surface area contributed by atoms with Gasteiger partial charge < -0.3 is 0 Å². The molecule has 2 heterocycles. The molecule has 0 fully saturated rings. The summed E-state index contributed by atoms with van der Waals surface area (Å²) in [6.07, 6.45) is 2.67. The molecule has 0 bridgehead atoms. The maximum absolute atomic E-state index is 4.84. The molecule has 0 aliphatic heterocycles. The van der Waals surface area contributed by atoms with Crippen molar-refractivity contribution in [3.05, 3.63) is 84.2 Å². The number of rotatable bonds is 2. The molecule has 100 valence electrons. The molecule has 2 nitrogen and oxygen atoms in total. The van der Waals surface area contributed by atoms with Gasteiger partial charge in [0, 0.05) is 29.1 Å². The number of hydrogen-bond donors (Lipinski definition) is 0. The summed E-state index contributed by atoms with van der Waals surface area (Å²) in [5.74, 6) is 0. The second kappa shape index (κ2) is 4.98. The Morgan fingerprint density at radius 2 is 1.43 bits per heavy atom. The largest absolute Gasteiger partial charge is 0.254 e. The van der Waals surface area contributed by atoms with Gasteiger partial charge in [0.25, 0.3) is 0 Å². The van der Waals surface area contributed by atoms with E-state index in [1.165, 1.54) is 5.56 Å². The standard InChI is InChI=1S/C19H14N2/c1-2-5-14(6-3-1)13-17-11-10-16-9-8-15-7-4-12-20-18(15)19(16)21-17/h1-12H,13H2. The first kappa shape index (κ1) is 12.0. The minimum absolute atomic E-state index is 0.847. The van der Waals surface area contributed by atoms with Gasteiger partial charge in [-0.2, -0.15) is 0 Å². The Hall–Kier alpha value is -2.74. The van der Waals surface area contributed by atoms with Crippen molar-refractivity contribution in [2.45, 2.75) is 6.42 Å². The van der Waals surface area contributed by atoms with Crippen LogP contribution in [0.1, 0.15) is 11.3 Å². The summed E-state index contributed by atoms with van der Waals surface area (Å²) in [6.45, 7) is 0. The summed E-state index contributed by atoms with van der Waals surface area (Å²) < 4.78 is 0. The second-order valence-corrected chi connectivity index (χ2v) is 5.18. The molecule has 0 saturated carbocycles. The molecule has 2 aromatic carbocycles. The SMILES string of the molecule is c1ccc(Cc2ccc3ccc4cccnc4c3n2)cc1. The molecule has 0 saturated heterocycles. The molecule has 0 spiro atoms. The van der Waals surface area contributed by atoms with Crippen molar-refractivity contribution < 1.29 is 0 Å². The van der Waals surface area contributed by atoms with Crippen LogP contribution in [0, 0.1) is 0 Å². The molecule has 0 N–H and O–H groups in total. The Balaban J connectivity index is 1.86. The van der Waals surface area contributed by atoms with E-state index in [0.29, 0.717) is 0 Å². The smallest absolute Gasteiger partial charge is 0.0967 e. The van der Waals surface area contributed by atoms with E-state index in [1.54, 1.807) is 0 Å². The first-order valence-electron chi connectivity index (χ1n) is 7.07. The Morgan fingerprint density at radius 1 is 0.667 bits per heavy atom. The molecule has 0 amide bonds. The van der Waals surface area contributed by atoms with E-state index >= 15 is 0 Å². The van der Waals surface area contributed by atoms with Crippen LogP contribution in [0.25, 0.3) is 21.8 Å². The Bertz CT molecular complexity index is 914. The highest BCUT2D eigenvalue weighted by molar-refractivity contribution is 6.02. The van der Waals surface area contributed by atoms with Crippen LogP contribution in [-0.4, -0.2) is 9.97 Å². The lowest BCUT2D eigenvalue weighted by Gasteiger charge is -2.06. The third-order valence-corrected chi connectivity index (χ3v) is 3.72. The van der Waals surface area contributed by atoms with Crippen molar-refractivity contribution in [1.82, 2.24) is 9.97 Å². The minimum atomic E-state index is 0.847. The Morgan fingerprint density at radius 3 is 2.29 bits per heavy atom. The van der Waals surface area contributed by atoms with Crippen LogP contribution in [0.3, 0.4) is 0 Å². The fraction of sp³-hybridized carbons (Fsp3) is 0.0526. The quantitative estimate of drug-likeness (QED) is 0.505. The van der Waals surface area contributed by atoms with Crippen LogP contribution in [0.4, 0.5) is 0 Å². The Labute approximate surface area is 123 Å². The fourth-order valence-corrected chi connectivity index (χ4v) is 2.67. The third-order valence-electron chi connectivity index (χ3n) is 3.72. The lowest BCUT2D eigenvalue weighted by Crippen LogP contribution is -1.93.